The van der Waals surface area contributed by atoms with Gasteiger partial charge in [-0.05, 0) is 30.5 Å². The van der Waals surface area contributed by atoms with Gasteiger partial charge in [0.25, 0.3) is 0 Å². The highest BCUT2D eigenvalue weighted by Crippen LogP contribution is 2.18. The highest BCUT2D eigenvalue weighted by Gasteiger charge is 2.01. The second kappa shape index (κ2) is 4.80. The Kier molecular flexibility index (Phi) is 3.69. The first-order chi connectivity index (χ1) is 6.81. The molecule has 2 rings (SSSR count). The lowest BCUT2D eigenvalue weighted by Gasteiger charge is -2.00. The van der Waals surface area contributed by atoms with Crippen LogP contribution in [0.4, 0.5) is 0 Å². The van der Waals surface area contributed by atoms with Crippen molar-refractivity contribution in [2.75, 3.05) is 0 Å². The van der Waals surface area contributed by atoms with Crippen LogP contribution >= 0.6 is 0 Å². The number of nitrogens with one attached hydrogen (secondary N) is 1. The maximum atomic E-state index is 4.03. The van der Waals surface area contributed by atoms with Crippen molar-refractivity contribution >= 4 is 10.9 Å². The summed E-state index contributed by atoms with van der Waals surface area (Å²) in [4.78, 5) is 0. The monoisotopic (exact) mass is 190 g/mol. The third-order valence-electron chi connectivity index (χ3n) is 2.17. The van der Waals surface area contributed by atoms with Crippen LogP contribution in [0.25, 0.3) is 10.9 Å². The average molecular weight is 190 g/mol. The van der Waals surface area contributed by atoms with E-state index in [1.54, 1.807) is 0 Å². The molecule has 0 saturated heterocycles. The quantitative estimate of drug-likeness (QED) is 0.733. The fourth-order valence-electron chi connectivity index (χ4n) is 1.58. The number of hydrogen-bond acceptors (Lipinski definition) is 1. The van der Waals surface area contributed by atoms with E-state index in [1.165, 1.54) is 16.5 Å². The Labute approximate surface area is 85.3 Å². The Hall–Kier alpha value is -1.31. The van der Waals surface area contributed by atoms with E-state index in [4.69, 9.17) is 0 Å². The zero-order chi connectivity index (χ0) is 10.6. The maximum absolute atomic E-state index is 4.03. The molecule has 0 spiro atoms. The number of aromatic amines is 1. The highest BCUT2D eigenvalue weighted by atomic mass is 15.1. The lowest BCUT2D eigenvalue weighted by atomic mass is 10.1. The van der Waals surface area contributed by atoms with Gasteiger partial charge in [0.2, 0.25) is 0 Å². The van der Waals surface area contributed by atoms with Crippen molar-refractivity contribution in [3.8, 4) is 0 Å². The summed E-state index contributed by atoms with van der Waals surface area (Å²) in [6.45, 7) is 8.28. The van der Waals surface area contributed by atoms with Crippen LogP contribution in [0.3, 0.4) is 0 Å². The van der Waals surface area contributed by atoms with Crippen LogP contribution < -0.4 is 0 Å². The van der Waals surface area contributed by atoms with Gasteiger partial charge >= 0.3 is 0 Å². The molecule has 0 aliphatic heterocycles. The molecular weight excluding hydrogens is 172 g/mol. The van der Waals surface area contributed by atoms with Crippen LogP contribution in [-0.4, -0.2) is 10.2 Å². The average Bonchev–Trinajstić information content (AvgIpc) is 2.67. The molecule has 1 N–H and O–H groups in total. The van der Waals surface area contributed by atoms with Gasteiger partial charge in [-0.1, -0.05) is 26.8 Å². The number of fused-ring (bicyclic) bond motifs is 1. The van der Waals surface area contributed by atoms with Gasteiger partial charge in [0.05, 0.1) is 11.7 Å². The summed E-state index contributed by atoms with van der Waals surface area (Å²) in [6.07, 6.45) is 2.96. The smallest absolute Gasteiger partial charge is 0.0655 e. The zero-order valence-electron chi connectivity index (χ0n) is 9.39. The molecule has 76 valence electrons. The Balaban J connectivity index is 0.000000461. The van der Waals surface area contributed by atoms with Crippen LogP contribution in [-0.2, 0) is 6.42 Å². The lowest BCUT2D eigenvalue weighted by Crippen LogP contribution is -1.83. The predicted molar refractivity (Wildman–Crippen MR) is 61.6 cm³/mol. The summed E-state index contributed by atoms with van der Waals surface area (Å²) in [5.74, 6) is 0. The topological polar surface area (TPSA) is 28.7 Å². The van der Waals surface area contributed by atoms with Crippen LogP contribution in [0, 0.1) is 6.92 Å². The molecule has 2 aromatic rings. The molecule has 0 amide bonds. The van der Waals surface area contributed by atoms with Gasteiger partial charge < -0.3 is 0 Å². The second-order valence-electron chi connectivity index (χ2n) is 3.11. The molecule has 0 fully saturated rings. The Morgan fingerprint density at radius 3 is 2.64 bits per heavy atom. The van der Waals surface area contributed by atoms with Crippen molar-refractivity contribution in [3.63, 3.8) is 0 Å². The van der Waals surface area contributed by atoms with Gasteiger partial charge in [0, 0.05) is 5.39 Å². The first-order valence-electron chi connectivity index (χ1n) is 5.24. The van der Waals surface area contributed by atoms with Gasteiger partial charge in [-0.3, -0.25) is 5.10 Å². The third kappa shape index (κ3) is 1.95. The van der Waals surface area contributed by atoms with Gasteiger partial charge in [-0.2, -0.15) is 5.10 Å². The number of benzene rings is 1. The van der Waals surface area contributed by atoms with Gasteiger partial charge in [-0.15, -0.1) is 0 Å². The van der Waals surface area contributed by atoms with Crippen LogP contribution in [0.2, 0.25) is 0 Å². The van der Waals surface area contributed by atoms with Crippen LogP contribution in [0.5, 0.6) is 0 Å². The molecule has 2 nitrogen and oxygen atoms in total. The standard InChI is InChI=1S/C10H12N2.C2H6/c1-3-8-4-7(2)5-10-9(8)6-11-12-10;1-2/h4-6H,3H2,1-2H3,(H,11,12);1-2H3. The van der Waals surface area contributed by atoms with Crippen molar-refractivity contribution < 1.29 is 0 Å². The first-order valence-corrected chi connectivity index (χ1v) is 5.24. The van der Waals surface area contributed by atoms with E-state index in [2.05, 4.69) is 36.2 Å². The minimum Gasteiger partial charge on any atom is -0.278 e. The number of rotatable bonds is 1. The minimum absolute atomic E-state index is 1.07. The molecule has 1 aromatic carbocycles. The van der Waals surface area contributed by atoms with Gasteiger partial charge in [0.15, 0.2) is 0 Å². The molecule has 0 aliphatic carbocycles. The van der Waals surface area contributed by atoms with Crippen LogP contribution in [0.1, 0.15) is 31.9 Å². The van der Waals surface area contributed by atoms with Crippen LogP contribution in [0.15, 0.2) is 18.3 Å². The second-order valence-corrected chi connectivity index (χ2v) is 3.11. The summed E-state index contributed by atoms with van der Waals surface area (Å²) in [5.41, 5.74) is 3.81. The van der Waals surface area contributed by atoms with E-state index in [0.29, 0.717) is 0 Å². The van der Waals surface area contributed by atoms with E-state index >= 15 is 0 Å². The molecule has 2 heteroatoms. The zero-order valence-corrected chi connectivity index (χ0v) is 9.39. The predicted octanol–water partition coefficient (Wildman–Crippen LogP) is 3.46. The summed E-state index contributed by atoms with van der Waals surface area (Å²) < 4.78 is 0. The summed E-state index contributed by atoms with van der Waals surface area (Å²) in [5, 5.41) is 8.26. The number of nitrogens with zero attached hydrogens (tertiary/aromatic N) is 1. The molecule has 14 heavy (non-hydrogen) atoms. The first kappa shape index (κ1) is 10.8. The van der Waals surface area contributed by atoms with E-state index in [-0.39, 0.29) is 0 Å². The van der Waals surface area contributed by atoms with Crippen molar-refractivity contribution in [1.82, 2.24) is 10.2 Å². The number of aromatic nitrogens is 2. The van der Waals surface area contributed by atoms with Gasteiger partial charge in [0.1, 0.15) is 0 Å². The molecule has 1 heterocycles. The largest absolute Gasteiger partial charge is 0.278 e. The van der Waals surface area contributed by atoms with Crippen molar-refractivity contribution in [2.45, 2.75) is 34.1 Å². The van der Waals surface area contributed by atoms with E-state index < -0.39 is 0 Å². The number of aryl methyl sites for hydroxylation is 2. The fourth-order valence-corrected chi connectivity index (χ4v) is 1.58. The molecule has 1 aromatic heterocycles. The van der Waals surface area contributed by atoms with Crippen molar-refractivity contribution in [3.05, 3.63) is 29.5 Å². The van der Waals surface area contributed by atoms with E-state index in [0.717, 1.165) is 11.9 Å². The van der Waals surface area contributed by atoms with E-state index in [9.17, 15) is 0 Å². The maximum Gasteiger partial charge on any atom is 0.0655 e. The summed E-state index contributed by atoms with van der Waals surface area (Å²) in [6, 6.07) is 4.35. The van der Waals surface area contributed by atoms with Crippen molar-refractivity contribution in [2.24, 2.45) is 0 Å². The molecular formula is C12H18N2. The fraction of sp³-hybridized carbons (Fsp3) is 0.417. The third-order valence-corrected chi connectivity index (χ3v) is 2.17. The molecule has 0 radical (unpaired) electrons. The van der Waals surface area contributed by atoms with Gasteiger partial charge in [-0.25, -0.2) is 0 Å². The Bertz CT molecular complexity index is 402. The molecule has 0 unspecified atom stereocenters. The molecule has 0 atom stereocenters. The summed E-state index contributed by atoms with van der Waals surface area (Å²) >= 11 is 0. The number of H-pyrrole nitrogens is 1. The van der Waals surface area contributed by atoms with Crippen molar-refractivity contribution in [1.29, 1.82) is 0 Å². The van der Waals surface area contributed by atoms with E-state index in [1.807, 2.05) is 20.0 Å². The summed E-state index contributed by atoms with van der Waals surface area (Å²) in [7, 11) is 0. The Morgan fingerprint density at radius 2 is 2.00 bits per heavy atom. The molecule has 0 aliphatic rings. The highest BCUT2D eigenvalue weighted by molar-refractivity contribution is 5.82. The number of hydrogen-bond donors (Lipinski definition) is 1. The normalized spacial score (nSPS) is 9.71. The minimum atomic E-state index is 1.07. The lowest BCUT2D eigenvalue weighted by molar-refractivity contribution is 1.12. The Morgan fingerprint density at radius 1 is 1.29 bits per heavy atom. The molecule has 0 bridgehead atoms. The molecule has 0 saturated carbocycles. The SMILES string of the molecule is CC.CCc1cc(C)cc2[nH]ncc12.